The lowest BCUT2D eigenvalue weighted by Gasteiger charge is -2.14. The predicted molar refractivity (Wildman–Crippen MR) is 127 cm³/mol. The molecule has 0 amide bonds. The third-order valence-electron chi connectivity index (χ3n) is 5.72. The van der Waals surface area contributed by atoms with Crippen molar-refractivity contribution in [3.05, 3.63) is 69.8 Å². The monoisotopic (exact) mass is 436 g/mol. The normalized spacial score (nSPS) is 11.0. The number of benzene rings is 2. The van der Waals surface area contributed by atoms with Crippen molar-refractivity contribution >= 4 is 23.3 Å². The molecule has 4 nitrogen and oxygen atoms in total. The van der Waals surface area contributed by atoms with Gasteiger partial charge in [0.25, 0.3) is 0 Å². The number of hydrogen-bond donors (Lipinski definition) is 2. The maximum absolute atomic E-state index is 11.8. The van der Waals surface area contributed by atoms with Crippen LogP contribution in [0, 0.1) is 0 Å². The number of carboxylic acids is 2. The van der Waals surface area contributed by atoms with Crippen LogP contribution in [0.25, 0.3) is 20.9 Å². The smallest absolute Gasteiger partial charge is 0.336 e. The van der Waals surface area contributed by atoms with Gasteiger partial charge in [0.1, 0.15) is 0 Å². The highest BCUT2D eigenvalue weighted by Crippen LogP contribution is 2.40. The van der Waals surface area contributed by atoms with Crippen molar-refractivity contribution in [3.63, 3.8) is 0 Å². The minimum atomic E-state index is -0.902. The molecule has 0 fully saturated rings. The molecule has 3 rings (SSSR count). The fourth-order valence-electron chi connectivity index (χ4n) is 4.13. The second kappa shape index (κ2) is 9.48. The highest BCUT2D eigenvalue weighted by molar-refractivity contribution is 7.18. The van der Waals surface area contributed by atoms with Crippen LogP contribution in [-0.2, 0) is 25.7 Å². The van der Waals surface area contributed by atoms with E-state index in [2.05, 4.69) is 12.1 Å². The first-order valence-electron chi connectivity index (χ1n) is 10.7. The highest BCUT2D eigenvalue weighted by Gasteiger charge is 2.19. The van der Waals surface area contributed by atoms with Gasteiger partial charge in [-0.15, -0.1) is 11.3 Å². The zero-order valence-electron chi connectivity index (χ0n) is 18.4. The predicted octanol–water partition coefficient (Wildman–Crippen LogP) is 6.73. The topological polar surface area (TPSA) is 74.6 Å². The maximum atomic E-state index is 11.8. The third kappa shape index (κ3) is 4.42. The second-order valence-electron chi connectivity index (χ2n) is 7.53. The van der Waals surface area contributed by atoms with Crippen molar-refractivity contribution in [1.82, 2.24) is 0 Å². The van der Waals surface area contributed by atoms with Crippen LogP contribution in [0.4, 0.5) is 0 Å². The van der Waals surface area contributed by atoms with Crippen LogP contribution in [0.3, 0.4) is 0 Å². The Kier molecular flexibility index (Phi) is 6.96. The lowest BCUT2D eigenvalue weighted by Crippen LogP contribution is -2.07. The molecule has 0 aliphatic heterocycles. The molecule has 0 atom stereocenters. The standard InChI is InChI=1S/C26H28O4S/c1-5-15-13-20(25(27)28)14-16(6-2)23(15)22-10-9-21(31-22)19-11-17(7-3)24(26(29)30)18(8-4)12-19/h9-14H,5-8H2,1-4H3,(H,27,28)(H,29,30). The molecule has 0 saturated carbocycles. The molecule has 0 aliphatic carbocycles. The summed E-state index contributed by atoms with van der Waals surface area (Å²) in [6.45, 7) is 8.06. The molecule has 3 aromatic rings. The molecule has 0 radical (unpaired) electrons. The van der Waals surface area contributed by atoms with E-state index in [-0.39, 0.29) is 0 Å². The Morgan fingerprint density at radius 2 is 1.19 bits per heavy atom. The van der Waals surface area contributed by atoms with Crippen LogP contribution in [-0.4, -0.2) is 22.2 Å². The Hall–Kier alpha value is -2.92. The molecule has 5 heteroatoms. The van der Waals surface area contributed by atoms with Gasteiger partial charge in [-0.05, 0) is 95.5 Å². The summed E-state index contributed by atoms with van der Waals surface area (Å²) in [5.74, 6) is -1.77. The number of aryl methyl sites for hydroxylation is 4. The maximum Gasteiger partial charge on any atom is 0.336 e. The van der Waals surface area contributed by atoms with Crippen LogP contribution in [0.15, 0.2) is 36.4 Å². The zero-order chi connectivity index (χ0) is 22.7. The first kappa shape index (κ1) is 22.8. The first-order chi connectivity index (χ1) is 14.8. The molecule has 31 heavy (non-hydrogen) atoms. The Morgan fingerprint density at radius 3 is 1.61 bits per heavy atom. The zero-order valence-corrected chi connectivity index (χ0v) is 19.2. The van der Waals surface area contributed by atoms with Gasteiger partial charge in [-0.1, -0.05) is 27.7 Å². The molecule has 0 saturated heterocycles. The van der Waals surface area contributed by atoms with Gasteiger partial charge in [0, 0.05) is 9.75 Å². The van der Waals surface area contributed by atoms with Crippen molar-refractivity contribution in [2.75, 3.05) is 0 Å². The Labute approximate surface area is 187 Å². The summed E-state index contributed by atoms with van der Waals surface area (Å²) in [6.07, 6.45) is 2.84. The summed E-state index contributed by atoms with van der Waals surface area (Å²) in [7, 11) is 0. The van der Waals surface area contributed by atoms with Crippen molar-refractivity contribution in [3.8, 4) is 20.9 Å². The van der Waals surface area contributed by atoms with E-state index < -0.39 is 11.9 Å². The first-order valence-corrected chi connectivity index (χ1v) is 11.5. The van der Waals surface area contributed by atoms with E-state index in [0.29, 0.717) is 24.0 Å². The van der Waals surface area contributed by atoms with Gasteiger partial charge in [-0.2, -0.15) is 0 Å². The van der Waals surface area contributed by atoms with Gasteiger partial charge in [-0.25, -0.2) is 9.59 Å². The molecule has 162 valence electrons. The highest BCUT2D eigenvalue weighted by atomic mass is 32.1. The number of carboxylic acid groups (broad SMARTS) is 2. The number of carbonyl (C=O) groups is 2. The van der Waals surface area contributed by atoms with Crippen LogP contribution in [0.1, 0.15) is 70.7 Å². The number of hydrogen-bond acceptors (Lipinski definition) is 3. The van der Waals surface area contributed by atoms with Crippen LogP contribution < -0.4 is 0 Å². The molecular formula is C26H28O4S. The summed E-state index contributed by atoms with van der Waals surface area (Å²) in [5, 5.41) is 19.1. The molecule has 2 aromatic carbocycles. The van der Waals surface area contributed by atoms with E-state index in [0.717, 1.165) is 56.0 Å². The van der Waals surface area contributed by atoms with Crippen LogP contribution in [0.2, 0.25) is 0 Å². The van der Waals surface area contributed by atoms with Gasteiger partial charge in [0.05, 0.1) is 11.1 Å². The molecule has 0 aliphatic rings. The summed E-state index contributed by atoms with van der Waals surface area (Å²) in [4.78, 5) is 25.5. The molecule has 0 bridgehead atoms. The van der Waals surface area contributed by atoms with Gasteiger partial charge < -0.3 is 10.2 Å². The molecule has 1 aromatic heterocycles. The number of rotatable bonds is 8. The minimum Gasteiger partial charge on any atom is -0.478 e. The third-order valence-corrected chi connectivity index (χ3v) is 6.88. The summed E-state index contributed by atoms with van der Waals surface area (Å²) in [6, 6.07) is 11.7. The number of aromatic carboxylic acids is 2. The Balaban J connectivity index is 2.15. The second-order valence-corrected chi connectivity index (χ2v) is 8.61. The Bertz CT molecular complexity index is 1090. The lowest BCUT2D eigenvalue weighted by atomic mass is 9.93. The average molecular weight is 437 g/mol. The summed E-state index contributed by atoms with van der Waals surface area (Å²) >= 11 is 1.67. The fourth-order valence-corrected chi connectivity index (χ4v) is 5.24. The van der Waals surface area contributed by atoms with E-state index in [1.165, 1.54) is 0 Å². The van der Waals surface area contributed by atoms with E-state index in [1.54, 1.807) is 23.5 Å². The van der Waals surface area contributed by atoms with Crippen LogP contribution >= 0.6 is 11.3 Å². The Morgan fingerprint density at radius 1 is 0.710 bits per heavy atom. The molecule has 0 spiro atoms. The average Bonchev–Trinajstić information content (AvgIpc) is 3.26. The van der Waals surface area contributed by atoms with Crippen molar-refractivity contribution in [2.45, 2.75) is 53.4 Å². The fraction of sp³-hybridized carbons (Fsp3) is 0.308. The number of thiophene rings is 1. The SMILES string of the molecule is CCc1cc(-c2ccc(-c3c(CC)cc(C(=O)O)cc3CC)s2)cc(CC)c1C(=O)O. The summed E-state index contributed by atoms with van der Waals surface area (Å²) in [5.41, 5.74) is 6.70. The molecule has 0 unspecified atom stereocenters. The van der Waals surface area contributed by atoms with E-state index >= 15 is 0 Å². The van der Waals surface area contributed by atoms with Gasteiger partial charge >= 0.3 is 11.9 Å². The van der Waals surface area contributed by atoms with Crippen molar-refractivity contribution in [2.24, 2.45) is 0 Å². The van der Waals surface area contributed by atoms with E-state index in [4.69, 9.17) is 0 Å². The van der Waals surface area contributed by atoms with Crippen LogP contribution in [0.5, 0.6) is 0 Å². The van der Waals surface area contributed by atoms with E-state index in [1.807, 2.05) is 39.8 Å². The van der Waals surface area contributed by atoms with Crippen molar-refractivity contribution < 1.29 is 19.8 Å². The minimum absolute atomic E-state index is 0.332. The van der Waals surface area contributed by atoms with Gasteiger partial charge in [0.15, 0.2) is 0 Å². The van der Waals surface area contributed by atoms with Gasteiger partial charge in [0.2, 0.25) is 0 Å². The van der Waals surface area contributed by atoms with Gasteiger partial charge in [-0.3, -0.25) is 0 Å². The lowest BCUT2D eigenvalue weighted by molar-refractivity contribution is 0.0684. The summed E-state index contributed by atoms with van der Waals surface area (Å²) < 4.78 is 0. The van der Waals surface area contributed by atoms with Crippen molar-refractivity contribution in [1.29, 1.82) is 0 Å². The molecular weight excluding hydrogens is 408 g/mol. The molecule has 2 N–H and O–H groups in total. The largest absolute Gasteiger partial charge is 0.478 e. The van der Waals surface area contributed by atoms with E-state index in [9.17, 15) is 19.8 Å². The molecule has 1 heterocycles. The quantitative estimate of drug-likeness (QED) is 0.411.